The van der Waals surface area contributed by atoms with Crippen molar-refractivity contribution < 1.29 is 0 Å². The maximum Gasteiger partial charge on any atom is 0.104 e. The lowest BCUT2D eigenvalue weighted by Crippen LogP contribution is -2.09. The second kappa shape index (κ2) is 6.22. The lowest BCUT2D eigenvalue weighted by atomic mass is 10.2. The lowest BCUT2D eigenvalue weighted by molar-refractivity contribution is 1.50. The van der Waals surface area contributed by atoms with E-state index in [1.165, 1.54) is 0 Å². The Bertz CT molecular complexity index is 647. The number of nitrogens with two attached hydrogens (primary N) is 1. The van der Waals surface area contributed by atoms with E-state index in [1.54, 1.807) is 0 Å². The molecule has 0 aliphatic carbocycles. The van der Waals surface area contributed by atoms with Crippen LogP contribution in [0, 0.1) is 0 Å². The van der Waals surface area contributed by atoms with Crippen LogP contribution in [0.2, 0.25) is 5.02 Å². The first-order valence-corrected chi connectivity index (χ1v) is 7.66. The average Bonchev–Trinajstić information content (AvgIpc) is 2.34. The van der Waals surface area contributed by atoms with Gasteiger partial charge in [0.2, 0.25) is 0 Å². The smallest absolute Gasteiger partial charge is 0.104 e. The third-order valence-corrected chi connectivity index (χ3v) is 4.15. The lowest BCUT2D eigenvalue weighted by Gasteiger charge is -2.11. The van der Waals surface area contributed by atoms with Crippen molar-refractivity contribution in [2.45, 2.75) is 0 Å². The third kappa shape index (κ3) is 3.69. The van der Waals surface area contributed by atoms with Gasteiger partial charge in [-0.3, -0.25) is 0 Å². The highest BCUT2D eigenvalue weighted by Crippen LogP contribution is 2.32. The Morgan fingerprint density at radius 3 is 2.37 bits per heavy atom. The zero-order chi connectivity index (χ0) is 14.0. The molecule has 6 heteroatoms. The Labute approximate surface area is 138 Å². The van der Waals surface area contributed by atoms with E-state index in [-0.39, 0.29) is 0 Å². The fourth-order valence-electron chi connectivity index (χ4n) is 1.51. The molecule has 19 heavy (non-hydrogen) atoms. The molecule has 0 spiro atoms. The van der Waals surface area contributed by atoms with Gasteiger partial charge in [-0.2, -0.15) is 0 Å². The molecule has 0 saturated heterocycles. The van der Waals surface area contributed by atoms with Gasteiger partial charge in [0.15, 0.2) is 0 Å². The number of anilines is 2. The van der Waals surface area contributed by atoms with Crippen molar-refractivity contribution in [3.05, 3.63) is 55.9 Å². The number of rotatable bonds is 3. The van der Waals surface area contributed by atoms with Crippen LogP contribution in [-0.4, -0.2) is 4.99 Å². The summed E-state index contributed by atoms with van der Waals surface area (Å²) in [5.74, 6) is 0. The van der Waals surface area contributed by atoms with Gasteiger partial charge in [-0.05, 0) is 52.3 Å². The van der Waals surface area contributed by atoms with Crippen molar-refractivity contribution in [1.82, 2.24) is 0 Å². The van der Waals surface area contributed by atoms with Crippen LogP contribution in [0.25, 0.3) is 0 Å². The molecule has 0 saturated carbocycles. The third-order valence-electron chi connectivity index (χ3n) is 2.45. The molecular formula is C13H9Br2ClN2S. The topological polar surface area (TPSA) is 38.0 Å². The zero-order valence-electron chi connectivity index (χ0n) is 9.58. The predicted molar refractivity (Wildman–Crippen MR) is 92.5 cm³/mol. The second-order valence-corrected chi connectivity index (χ2v) is 6.43. The number of hydrogen-bond donors (Lipinski definition) is 2. The minimum Gasteiger partial charge on any atom is -0.389 e. The molecule has 2 aromatic carbocycles. The zero-order valence-corrected chi connectivity index (χ0v) is 14.3. The monoisotopic (exact) mass is 418 g/mol. The number of thiocarbonyl (C=S) groups is 1. The van der Waals surface area contributed by atoms with Crippen LogP contribution in [0.1, 0.15) is 5.56 Å². The van der Waals surface area contributed by atoms with E-state index in [4.69, 9.17) is 29.6 Å². The SMILES string of the molecule is NC(=S)c1ccc(Nc2ccc(Br)cc2Cl)c(Br)c1. The fourth-order valence-corrected chi connectivity index (χ4v) is 2.83. The van der Waals surface area contributed by atoms with E-state index in [9.17, 15) is 0 Å². The quantitative estimate of drug-likeness (QED) is 0.667. The van der Waals surface area contributed by atoms with Gasteiger partial charge in [-0.25, -0.2) is 0 Å². The molecule has 0 aromatic heterocycles. The maximum absolute atomic E-state index is 6.16. The van der Waals surface area contributed by atoms with Crippen molar-refractivity contribution in [1.29, 1.82) is 0 Å². The number of nitrogens with one attached hydrogen (secondary N) is 1. The summed E-state index contributed by atoms with van der Waals surface area (Å²) in [7, 11) is 0. The van der Waals surface area contributed by atoms with Crippen molar-refractivity contribution in [3.63, 3.8) is 0 Å². The van der Waals surface area contributed by atoms with E-state index >= 15 is 0 Å². The Kier molecular flexibility index (Phi) is 4.84. The van der Waals surface area contributed by atoms with Gasteiger partial charge in [0, 0.05) is 14.5 Å². The average molecular weight is 421 g/mol. The molecule has 2 nitrogen and oxygen atoms in total. The van der Waals surface area contributed by atoms with Gasteiger partial charge in [0.1, 0.15) is 4.99 Å². The highest BCUT2D eigenvalue weighted by molar-refractivity contribution is 9.10. The van der Waals surface area contributed by atoms with E-state index in [2.05, 4.69) is 37.2 Å². The highest BCUT2D eigenvalue weighted by atomic mass is 79.9. The van der Waals surface area contributed by atoms with Gasteiger partial charge in [-0.1, -0.05) is 39.7 Å². The number of benzene rings is 2. The molecule has 3 N–H and O–H groups in total. The summed E-state index contributed by atoms with van der Waals surface area (Å²) in [5, 5.41) is 3.89. The summed E-state index contributed by atoms with van der Waals surface area (Å²) < 4.78 is 1.81. The van der Waals surface area contributed by atoms with Gasteiger partial charge in [0.05, 0.1) is 16.4 Å². The molecule has 2 rings (SSSR count). The molecule has 0 radical (unpaired) electrons. The molecule has 0 aliphatic heterocycles. The number of hydrogen-bond acceptors (Lipinski definition) is 2. The normalized spacial score (nSPS) is 10.3. The maximum atomic E-state index is 6.16. The van der Waals surface area contributed by atoms with Crippen molar-refractivity contribution >= 4 is 72.0 Å². The van der Waals surface area contributed by atoms with Crippen LogP contribution in [0.15, 0.2) is 45.3 Å². The molecule has 0 atom stereocenters. The summed E-state index contributed by atoms with van der Waals surface area (Å²) in [5.41, 5.74) is 8.12. The fraction of sp³-hybridized carbons (Fsp3) is 0. The van der Waals surface area contributed by atoms with Gasteiger partial charge >= 0.3 is 0 Å². The summed E-state index contributed by atoms with van der Waals surface area (Å²) in [6.45, 7) is 0. The van der Waals surface area contributed by atoms with Crippen molar-refractivity contribution in [2.24, 2.45) is 5.73 Å². The first-order chi connectivity index (χ1) is 8.97. The van der Waals surface area contributed by atoms with Crippen LogP contribution in [0.3, 0.4) is 0 Å². The minimum absolute atomic E-state index is 0.369. The molecule has 0 bridgehead atoms. The van der Waals surface area contributed by atoms with Crippen molar-refractivity contribution in [2.75, 3.05) is 5.32 Å². The van der Waals surface area contributed by atoms with Crippen molar-refractivity contribution in [3.8, 4) is 0 Å². The van der Waals surface area contributed by atoms with Gasteiger partial charge in [-0.15, -0.1) is 0 Å². The first-order valence-electron chi connectivity index (χ1n) is 5.29. The Morgan fingerprint density at radius 2 is 1.79 bits per heavy atom. The van der Waals surface area contributed by atoms with Crippen LogP contribution < -0.4 is 11.1 Å². The summed E-state index contributed by atoms with van der Waals surface area (Å²) in [6, 6.07) is 11.3. The summed E-state index contributed by atoms with van der Waals surface area (Å²) in [4.78, 5) is 0.369. The molecule has 0 unspecified atom stereocenters. The molecule has 0 fully saturated rings. The Balaban J connectivity index is 2.31. The van der Waals surface area contributed by atoms with Crippen LogP contribution >= 0.6 is 55.7 Å². The summed E-state index contributed by atoms with van der Waals surface area (Å²) >= 11 is 18.0. The standard InChI is InChI=1S/C13H9Br2ClN2S/c14-8-2-4-12(10(16)6-8)18-11-3-1-7(13(17)19)5-9(11)15/h1-6,18H,(H2,17,19). The van der Waals surface area contributed by atoms with Crippen LogP contribution in [0.4, 0.5) is 11.4 Å². The number of halogens is 3. The first kappa shape index (κ1) is 14.8. The molecule has 0 amide bonds. The van der Waals surface area contributed by atoms with Crippen LogP contribution in [0.5, 0.6) is 0 Å². The van der Waals surface area contributed by atoms with Crippen LogP contribution in [-0.2, 0) is 0 Å². The highest BCUT2D eigenvalue weighted by Gasteiger charge is 2.06. The van der Waals surface area contributed by atoms with Gasteiger partial charge in [0.25, 0.3) is 0 Å². The van der Waals surface area contributed by atoms with E-state index in [0.29, 0.717) is 10.0 Å². The van der Waals surface area contributed by atoms with E-state index in [1.807, 2.05) is 36.4 Å². The molecule has 98 valence electrons. The Hall–Kier alpha value is -0.620. The molecule has 0 aliphatic rings. The van der Waals surface area contributed by atoms with E-state index < -0.39 is 0 Å². The van der Waals surface area contributed by atoms with Gasteiger partial charge < -0.3 is 11.1 Å². The van der Waals surface area contributed by atoms with E-state index in [0.717, 1.165) is 25.9 Å². The molecule has 0 heterocycles. The summed E-state index contributed by atoms with van der Waals surface area (Å²) in [6.07, 6.45) is 0. The molecule has 2 aromatic rings. The predicted octanol–water partition coefficient (Wildman–Crippen LogP) is 5.24. The largest absolute Gasteiger partial charge is 0.389 e. The second-order valence-electron chi connectivity index (χ2n) is 3.81. The molecular weight excluding hydrogens is 411 g/mol. The Morgan fingerprint density at radius 1 is 1.11 bits per heavy atom. The minimum atomic E-state index is 0.369.